The minimum Gasteiger partial charge on any atom is -0.355 e. The topological polar surface area (TPSA) is 71.3 Å². The van der Waals surface area contributed by atoms with E-state index in [-0.39, 0.29) is 11.8 Å². The SMILES string of the molecule is O=C(NCCSc1ccccc1)C1CCN(Cc2nc(-c3ccc(Cl)cc3Cl)no2)CC1. The van der Waals surface area contributed by atoms with Crippen LogP contribution in [0.15, 0.2) is 57.9 Å². The van der Waals surface area contributed by atoms with Gasteiger partial charge in [0.05, 0.1) is 11.6 Å². The Morgan fingerprint density at radius 2 is 1.94 bits per heavy atom. The molecule has 2 aromatic carbocycles. The third-order valence-electron chi connectivity index (χ3n) is 5.37. The zero-order valence-electron chi connectivity index (χ0n) is 17.5. The molecule has 168 valence electrons. The summed E-state index contributed by atoms with van der Waals surface area (Å²) in [5.41, 5.74) is 0.687. The van der Waals surface area contributed by atoms with Crippen molar-refractivity contribution in [1.29, 1.82) is 0 Å². The lowest BCUT2D eigenvalue weighted by Crippen LogP contribution is -2.40. The molecule has 0 bridgehead atoms. The van der Waals surface area contributed by atoms with Gasteiger partial charge in [-0.2, -0.15) is 4.98 Å². The normalized spacial score (nSPS) is 15.1. The number of hydrogen-bond donors (Lipinski definition) is 1. The van der Waals surface area contributed by atoms with Crippen molar-refractivity contribution in [2.24, 2.45) is 5.92 Å². The van der Waals surface area contributed by atoms with Gasteiger partial charge in [0.15, 0.2) is 0 Å². The summed E-state index contributed by atoms with van der Waals surface area (Å²) in [7, 11) is 0. The van der Waals surface area contributed by atoms with E-state index < -0.39 is 0 Å². The molecule has 1 amide bonds. The van der Waals surface area contributed by atoms with Crippen molar-refractivity contribution < 1.29 is 9.32 Å². The van der Waals surface area contributed by atoms with Crippen LogP contribution in [0.25, 0.3) is 11.4 Å². The van der Waals surface area contributed by atoms with Gasteiger partial charge in [-0.25, -0.2) is 0 Å². The Balaban J connectivity index is 1.19. The van der Waals surface area contributed by atoms with Gasteiger partial charge in [0.1, 0.15) is 0 Å². The zero-order chi connectivity index (χ0) is 22.3. The highest BCUT2D eigenvalue weighted by Gasteiger charge is 2.26. The second kappa shape index (κ2) is 11.2. The number of rotatable bonds is 8. The fraction of sp³-hybridized carbons (Fsp3) is 0.348. The molecule has 4 rings (SSSR count). The molecule has 0 saturated carbocycles. The van der Waals surface area contributed by atoms with Crippen LogP contribution in [-0.2, 0) is 11.3 Å². The van der Waals surface area contributed by atoms with Crippen LogP contribution >= 0.6 is 35.0 Å². The molecule has 2 heterocycles. The molecule has 0 spiro atoms. The molecule has 9 heteroatoms. The van der Waals surface area contributed by atoms with Gasteiger partial charge in [0.2, 0.25) is 17.6 Å². The molecule has 1 aromatic heterocycles. The van der Waals surface area contributed by atoms with Gasteiger partial charge in [-0.1, -0.05) is 46.6 Å². The van der Waals surface area contributed by atoms with E-state index in [1.54, 1.807) is 30.0 Å². The third kappa shape index (κ3) is 6.25. The molecule has 32 heavy (non-hydrogen) atoms. The summed E-state index contributed by atoms with van der Waals surface area (Å²) < 4.78 is 5.41. The number of piperidine rings is 1. The van der Waals surface area contributed by atoms with E-state index >= 15 is 0 Å². The van der Waals surface area contributed by atoms with Crippen molar-refractivity contribution in [3.63, 3.8) is 0 Å². The maximum absolute atomic E-state index is 12.5. The van der Waals surface area contributed by atoms with Crippen molar-refractivity contribution in [2.75, 3.05) is 25.4 Å². The summed E-state index contributed by atoms with van der Waals surface area (Å²) >= 11 is 13.9. The number of amides is 1. The monoisotopic (exact) mass is 490 g/mol. The maximum Gasteiger partial charge on any atom is 0.241 e. The molecule has 1 fully saturated rings. The zero-order valence-corrected chi connectivity index (χ0v) is 19.8. The highest BCUT2D eigenvalue weighted by molar-refractivity contribution is 7.99. The summed E-state index contributed by atoms with van der Waals surface area (Å²) in [6.07, 6.45) is 1.64. The summed E-state index contributed by atoms with van der Waals surface area (Å²) in [6.45, 7) is 2.86. The predicted molar refractivity (Wildman–Crippen MR) is 128 cm³/mol. The minimum absolute atomic E-state index is 0.0547. The van der Waals surface area contributed by atoms with Gasteiger partial charge in [-0.05, 0) is 56.3 Å². The van der Waals surface area contributed by atoms with E-state index in [1.165, 1.54) is 4.90 Å². The molecule has 1 aliphatic heterocycles. The lowest BCUT2D eigenvalue weighted by atomic mass is 9.96. The van der Waals surface area contributed by atoms with Gasteiger partial charge < -0.3 is 9.84 Å². The average Bonchev–Trinajstić information content (AvgIpc) is 3.26. The van der Waals surface area contributed by atoms with Crippen LogP contribution in [0.1, 0.15) is 18.7 Å². The number of aromatic nitrogens is 2. The largest absolute Gasteiger partial charge is 0.355 e. The molecule has 1 aliphatic rings. The highest BCUT2D eigenvalue weighted by Crippen LogP contribution is 2.28. The molecule has 0 radical (unpaired) electrons. The van der Waals surface area contributed by atoms with E-state index in [0.717, 1.165) is 31.7 Å². The Morgan fingerprint density at radius 1 is 1.16 bits per heavy atom. The van der Waals surface area contributed by atoms with E-state index in [0.29, 0.717) is 40.4 Å². The van der Waals surface area contributed by atoms with Gasteiger partial charge in [-0.15, -0.1) is 11.8 Å². The van der Waals surface area contributed by atoms with Crippen molar-refractivity contribution in [3.05, 3.63) is 64.5 Å². The fourth-order valence-corrected chi connectivity index (χ4v) is 4.93. The van der Waals surface area contributed by atoms with Crippen LogP contribution in [0.5, 0.6) is 0 Å². The number of nitrogens with one attached hydrogen (secondary N) is 1. The van der Waals surface area contributed by atoms with Crippen LogP contribution in [-0.4, -0.2) is 46.3 Å². The van der Waals surface area contributed by atoms with Crippen LogP contribution in [0.4, 0.5) is 0 Å². The van der Waals surface area contributed by atoms with Crippen molar-refractivity contribution >= 4 is 40.9 Å². The van der Waals surface area contributed by atoms with E-state index in [2.05, 4.69) is 32.5 Å². The lowest BCUT2D eigenvalue weighted by molar-refractivity contribution is -0.126. The van der Waals surface area contributed by atoms with Crippen molar-refractivity contribution in [2.45, 2.75) is 24.3 Å². The fourth-order valence-electron chi connectivity index (χ4n) is 3.65. The van der Waals surface area contributed by atoms with Crippen LogP contribution < -0.4 is 5.32 Å². The first-order valence-electron chi connectivity index (χ1n) is 10.5. The van der Waals surface area contributed by atoms with Crippen LogP contribution in [0.3, 0.4) is 0 Å². The average molecular weight is 491 g/mol. The van der Waals surface area contributed by atoms with Gasteiger partial charge in [0.25, 0.3) is 0 Å². The molecule has 0 aliphatic carbocycles. The quantitative estimate of drug-likeness (QED) is 0.347. The first-order chi connectivity index (χ1) is 15.6. The van der Waals surface area contributed by atoms with Gasteiger partial charge in [0, 0.05) is 33.7 Å². The molecule has 6 nitrogen and oxygen atoms in total. The van der Waals surface area contributed by atoms with E-state index in [9.17, 15) is 4.79 Å². The number of benzene rings is 2. The number of carbonyl (C=O) groups excluding carboxylic acids is 1. The van der Waals surface area contributed by atoms with Crippen LogP contribution in [0.2, 0.25) is 10.0 Å². The standard InChI is InChI=1S/C23H24Cl2N4O2S/c24-17-6-7-19(20(25)14-17)22-27-21(31-28-22)15-29-11-8-16(9-12-29)23(30)26-10-13-32-18-4-2-1-3-5-18/h1-7,14,16H,8-13,15H2,(H,26,30). The third-order valence-corrected chi connectivity index (χ3v) is 6.93. The Labute approximate surface area is 201 Å². The lowest BCUT2D eigenvalue weighted by Gasteiger charge is -2.30. The molecular formula is C23H24Cl2N4O2S. The summed E-state index contributed by atoms with van der Waals surface area (Å²) in [6, 6.07) is 15.4. The number of hydrogen-bond acceptors (Lipinski definition) is 6. The molecule has 1 saturated heterocycles. The van der Waals surface area contributed by atoms with E-state index in [1.807, 2.05) is 18.2 Å². The molecular weight excluding hydrogens is 467 g/mol. The number of nitrogens with zero attached hydrogens (tertiary/aromatic N) is 3. The molecule has 0 atom stereocenters. The minimum atomic E-state index is 0.0547. The molecule has 3 aromatic rings. The first kappa shape index (κ1) is 23.1. The smallest absolute Gasteiger partial charge is 0.241 e. The number of halogens is 2. The molecule has 0 unspecified atom stereocenters. The second-order valence-electron chi connectivity index (χ2n) is 7.64. The second-order valence-corrected chi connectivity index (χ2v) is 9.65. The number of thioether (sulfide) groups is 1. The van der Waals surface area contributed by atoms with Gasteiger partial charge >= 0.3 is 0 Å². The van der Waals surface area contributed by atoms with Gasteiger partial charge in [-0.3, -0.25) is 9.69 Å². The Bertz CT molecular complexity index is 1040. The highest BCUT2D eigenvalue weighted by atomic mass is 35.5. The first-order valence-corrected chi connectivity index (χ1v) is 12.3. The van der Waals surface area contributed by atoms with E-state index in [4.69, 9.17) is 27.7 Å². The Kier molecular flexibility index (Phi) is 8.08. The Morgan fingerprint density at radius 3 is 2.69 bits per heavy atom. The van der Waals surface area contributed by atoms with Crippen molar-refractivity contribution in [3.8, 4) is 11.4 Å². The Hall–Kier alpha value is -2.06. The number of likely N-dealkylation sites (tertiary alicyclic amines) is 1. The van der Waals surface area contributed by atoms with Crippen LogP contribution in [0, 0.1) is 5.92 Å². The molecule has 1 N–H and O–H groups in total. The summed E-state index contributed by atoms with van der Waals surface area (Å²) in [4.78, 5) is 20.4. The summed E-state index contributed by atoms with van der Waals surface area (Å²) in [5.74, 6) is 2.05. The maximum atomic E-state index is 12.5. The summed E-state index contributed by atoms with van der Waals surface area (Å²) in [5, 5.41) is 8.16. The number of carbonyl (C=O) groups is 1. The van der Waals surface area contributed by atoms with Crippen molar-refractivity contribution in [1.82, 2.24) is 20.4 Å². The predicted octanol–water partition coefficient (Wildman–Crippen LogP) is 5.16.